The van der Waals surface area contributed by atoms with Crippen molar-refractivity contribution in [2.24, 2.45) is 5.73 Å². The van der Waals surface area contributed by atoms with Gasteiger partial charge < -0.3 is 10.3 Å². The predicted molar refractivity (Wildman–Crippen MR) is 79.8 cm³/mol. The number of benzene rings is 1. The Hall–Kier alpha value is -0.750. The molecule has 0 bridgehead atoms. The average molecular weight is 317 g/mol. The van der Waals surface area contributed by atoms with E-state index in [1.54, 1.807) is 17.8 Å². The monoisotopic (exact) mass is 316 g/mol. The zero-order chi connectivity index (χ0) is 13.8. The van der Waals surface area contributed by atoms with Gasteiger partial charge in [-0.1, -0.05) is 41.0 Å². The third-order valence-electron chi connectivity index (χ3n) is 2.63. The van der Waals surface area contributed by atoms with Gasteiger partial charge in [0.25, 0.3) is 0 Å². The highest BCUT2D eigenvalue weighted by Gasteiger charge is 2.10. The Bertz CT molecular complexity index is 571. The van der Waals surface area contributed by atoms with Crippen LogP contribution in [0.4, 0.5) is 0 Å². The van der Waals surface area contributed by atoms with Crippen LogP contribution in [-0.2, 0) is 12.3 Å². The molecule has 7 heteroatoms. The molecule has 2 N–H and O–H groups in total. The van der Waals surface area contributed by atoms with Gasteiger partial charge in [-0.2, -0.15) is 0 Å². The molecule has 0 atom stereocenters. The average Bonchev–Trinajstić information content (AvgIpc) is 2.71. The molecule has 0 saturated carbocycles. The molecule has 102 valence electrons. The maximum Gasteiger partial charge on any atom is 0.191 e. The van der Waals surface area contributed by atoms with E-state index in [0.29, 0.717) is 16.6 Å². The smallest absolute Gasteiger partial charge is 0.191 e. The first-order valence-electron chi connectivity index (χ1n) is 5.78. The van der Waals surface area contributed by atoms with Gasteiger partial charge in [0.2, 0.25) is 0 Å². The molecule has 1 heterocycles. The highest BCUT2D eigenvalue weighted by Crippen LogP contribution is 2.27. The summed E-state index contributed by atoms with van der Waals surface area (Å²) < 4.78 is 2.01. The molecule has 19 heavy (non-hydrogen) atoms. The minimum atomic E-state index is 0.564. The van der Waals surface area contributed by atoms with Crippen LogP contribution >= 0.6 is 35.0 Å². The molecule has 2 aromatic rings. The van der Waals surface area contributed by atoms with Crippen molar-refractivity contribution in [2.45, 2.75) is 24.4 Å². The Balaban J connectivity index is 2.10. The molecule has 0 amide bonds. The van der Waals surface area contributed by atoms with Gasteiger partial charge >= 0.3 is 0 Å². The predicted octanol–water partition coefficient (Wildman–Crippen LogP) is 3.14. The lowest BCUT2D eigenvalue weighted by Gasteiger charge is -2.07. The van der Waals surface area contributed by atoms with E-state index in [4.69, 9.17) is 28.9 Å². The number of hydrogen-bond acceptors (Lipinski definition) is 4. The van der Waals surface area contributed by atoms with Crippen molar-refractivity contribution < 1.29 is 0 Å². The molecule has 0 aliphatic carbocycles. The summed E-state index contributed by atoms with van der Waals surface area (Å²) in [6, 6.07) is 5.50. The van der Waals surface area contributed by atoms with E-state index in [0.717, 1.165) is 28.8 Å². The van der Waals surface area contributed by atoms with Gasteiger partial charge in [0.1, 0.15) is 5.82 Å². The van der Waals surface area contributed by atoms with Crippen molar-refractivity contribution in [1.82, 2.24) is 14.8 Å². The summed E-state index contributed by atoms with van der Waals surface area (Å²) in [5.41, 5.74) is 6.61. The van der Waals surface area contributed by atoms with Crippen molar-refractivity contribution in [3.05, 3.63) is 39.6 Å². The second-order valence-electron chi connectivity index (χ2n) is 3.99. The standard InChI is InChI=1S/C12H14Cl2N4S/c1-8-16-17-12(18(8)5-4-15)19-7-9-2-3-10(13)6-11(9)14/h2-3,6H,4-5,7,15H2,1H3. The summed E-state index contributed by atoms with van der Waals surface area (Å²) in [6.07, 6.45) is 0. The summed E-state index contributed by atoms with van der Waals surface area (Å²) in [7, 11) is 0. The van der Waals surface area contributed by atoms with E-state index in [9.17, 15) is 0 Å². The quantitative estimate of drug-likeness (QED) is 0.861. The summed E-state index contributed by atoms with van der Waals surface area (Å²) in [4.78, 5) is 0. The van der Waals surface area contributed by atoms with Gasteiger partial charge in [-0.15, -0.1) is 10.2 Å². The molecule has 4 nitrogen and oxygen atoms in total. The molecule has 0 fully saturated rings. The van der Waals surface area contributed by atoms with Crippen molar-refractivity contribution in [2.75, 3.05) is 6.54 Å². The number of thioether (sulfide) groups is 1. The molecule has 1 aromatic heterocycles. The Kier molecular flexibility index (Phi) is 5.10. The second-order valence-corrected chi connectivity index (χ2v) is 5.78. The topological polar surface area (TPSA) is 56.7 Å². The molecule has 0 aliphatic heterocycles. The fourth-order valence-corrected chi connectivity index (χ4v) is 3.20. The molecule has 0 radical (unpaired) electrons. The number of rotatable bonds is 5. The largest absolute Gasteiger partial charge is 0.329 e. The van der Waals surface area contributed by atoms with Gasteiger partial charge in [-0.3, -0.25) is 0 Å². The summed E-state index contributed by atoms with van der Waals surface area (Å²) in [6.45, 7) is 3.20. The SMILES string of the molecule is Cc1nnc(SCc2ccc(Cl)cc2Cl)n1CCN. The molecule has 0 aliphatic rings. The van der Waals surface area contributed by atoms with Crippen LogP contribution < -0.4 is 5.73 Å². The van der Waals surface area contributed by atoms with Gasteiger partial charge in [0, 0.05) is 28.9 Å². The molecule has 1 aromatic carbocycles. The fraction of sp³-hybridized carbons (Fsp3) is 0.333. The number of aryl methyl sites for hydroxylation is 1. The summed E-state index contributed by atoms with van der Waals surface area (Å²) in [5.74, 6) is 1.59. The van der Waals surface area contributed by atoms with Crippen LogP contribution in [0.25, 0.3) is 0 Å². The van der Waals surface area contributed by atoms with Gasteiger partial charge in [0.05, 0.1) is 0 Å². The Labute approximate surface area is 126 Å². The van der Waals surface area contributed by atoms with Crippen molar-refractivity contribution in [3.8, 4) is 0 Å². The third-order valence-corrected chi connectivity index (χ3v) is 4.23. The lowest BCUT2D eigenvalue weighted by Crippen LogP contribution is -2.12. The van der Waals surface area contributed by atoms with E-state index in [-0.39, 0.29) is 0 Å². The third kappa shape index (κ3) is 3.63. The van der Waals surface area contributed by atoms with Crippen LogP contribution in [0.1, 0.15) is 11.4 Å². The summed E-state index contributed by atoms with van der Waals surface area (Å²) >= 11 is 13.6. The van der Waals surface area contributed by atoms with Gasteiger partial charge in [0.15, 0.2) is 5.16 Å². The zero-order valence-electron chi connectivity index (χ0n) is 10.4. The number of hydrogen-bond donors (Lipinski definition) is 1. The van der Waals surface area contributed by atoms with Crippen LogP contribution in [0, 0.1) is 6.92 Å². The first kappa shape index (κ1) is 14.7. The van der Waals surface area contributed by atoms with Crippen molar-refractivity contribution >= 4 is 35.0 Å². The van der Waals surface area contributed by atoms with Crippen molar-refractivity contribution in [1.29, 1.82) is 0 Å². The Morgan fingerprint density at radius 1 is 1.32 bits per heavy atom. The van der Waals surface area contributed by atoms with E-state index in [2.05, 4.69) is 10.2 Å². The zero-order valence-corrected chi connectivity index (χ0v) is 12.8. The molecule has 0 unspecified atom stereocenters. The van der Waals surface area contributed by atoms with Crippen LogP contribution in [-0.4, -0.2) is 21.3 Å². The molecular formula is C12H14Cl2N4S. The van der Waals surface area contributed by atoms with Crippen LogP contribution in [0.5, 0.6) is 0 Å². The fourth-order valence-electron chi connectivity index (χ4n) is 1.64. The maximum atomic E-state index is 6.14. The first-order valence-corrected chi connectivity index (χ1v) is 7.52. The van der Waals surface area contributed by atoms with Crippen LogP contribution in [0.2, 0.25) is 10.0 Å². The van der Waals surface area contributed by atoms with Gasteiger partial charge in [-0.05, 0) is 24.6 Å². The first-order chi connectivity index (χ1) is 9.11. The summed E-state index contributed by atoms with van der Waals surface area (Å²) in [5, 5.41) is 10.4. The molecule has 0 spiro atoms. The van der Waals surface area contributed by atoms with E-state index >= 15 is 0 Å². The van der Waals surface area contributed by atoms with E-state index < -0.39 is 0 Å². The highest BCUT2D eigenvalue weighted by atomic mass is 35.5. The molecular weight excluding hydrogens is 303 g/mol. The maximum absolute atomic E-state index is 6.14. The van der Waals surface area contributed by atoms with Crippen LogP contribution in [0.3, 0.4) is 0 Å². The van der Waals surface area contributed by atoms with Crippen molar-refractivity contribution in [3.63, 3.8) is 0 Å². The van der Waals surface area contributed by atoms with E-state index in [1.165, 1.54) is 0 Å². The number of halogens is 2. The van der Waals surface area contributed by atoms with Gasteiger partial charge in [-0.25, -0.2) is 0 Å². The molecule has 0 saturated heterocycles. The Morgan fingerprint density at radius 3 is 2.79 bits per heavy atom. The van der Waals surface area contributed by atoms with E-state index in [1.807, 2.05) is 23.6 Å². The number of nitrogens with two attached hydrogens (primary N) is 1. The lowest BCUT2D eigenvalue weighted by atomic mass is 10.2. The second kappa shape index (κ2) is 6.61. The minimum Gasteiger partial charge on any atom is -0.329 e. The Morgan fingerprint density at radius 2 is 2.11 bits per heavy atom. The number of aromatic nitrogens is 3. The minimum absolute atomic E-state index is 0.564. The normalized spacial score (nSPS) is 10.9. The molecule has 2 rings (SSSR count). The van der Waals surface area contributed by atoms with Crippen LogP contribution in [0.15, 0.2) is 23.4 Å². The highest BCUT2D eigenvalue weighted by molar-refractivity contribution is 7.98. The lowest BCUT2D eigenvalue weighted by molar-refractivity contribution is 0.627. The number of nitrogens with zero attached hydrogens (tertiary/aromatic N) is 3.